The van der Waals surface area contributed by atoms with Crippen molar-refractivity contribution in [3.05, 3.63) is 63.6 Å². The van der Waals surface area contributed by atoms with Crippen molar-refractivity contribution in [1.29, 1.82) is 0 Å². The van der Waals surface area contributed by atoms with E-state index in [0.717, 1.165) is 5.56 Å². The third-order valence-electron chi connectivity index (χ3n) is 2.62. The van der Waals surface area contributed by atoms with Crippen molar-refractivity contribution >= 4 is 29.1 Å². The Morgan fingerprint density at radius 1 is 1.15 bits per heavy atom. The van der Waals surface area contributed by atoms with Crippen molar-refractivity contribution in [2.75, 3.05) is 0 Å². The quantitative estimate of drug-likeness (QED) is 0.518. The van der Waals surface area contributed by atoms with Gasteiger partial charge in [-0.15, -0.1) is 0 Å². The molecule has 0 heterocycles. The van der Waals surface area contributed by atoms with Crippen LogP contribution < -0.4 is 16.0 Å². The molecule has 0 saturated carbocycles. The maximum atomic E-state index is 11.4. The van der Waals surface area contributed by atoms with E-state index < -0.39 is 0 Å². The first-order valence-corrected chi connectivity index (χ1v) is 6.53. The molecule has 6 heteroatoms. The number of nitrogens with one attached hydrogen (secondary N) is 1. The summed E-state index contributed by atoms with van der Waals surface area (Å²) in [5.41, 5.74) is 3.38. The van der Waals surface area contributed by atoms with Crippen LogP contribution in [0.15, 0.2) is 42.5 Å². The lowest BCUT2D eigenvalue weighted by Crippen LogP contribution is -2.29. The summed E-state index contributed by atoms with van der Waals surface area (Å²) in [5.74, 6) is 5.28. The Labute approximate surface area is 126 Å². The van der Waals surface area contributed by atoms with Crippen LogP contribution >= 0.6 is 23.2 Å². The molecule has 2 aromatic rings. The molecule has 0 aliphatic rings. The molecule has 1 amide bonds. The van der Waals surface area contributed by atoms with E-state index in [1.54, 1.807) is 36.4 Å². The second-order valence-electron chi connectivity index (χ2n) is 4.04. The Balaban J connectivity index is 2.07. The molecule has 2 aromatic carbocycles. The smallest absolute Gasteiger partial charge is 0.265 e. The molecule has 4 nitrogen and oxygen atoms in total. The molecule has 3 N–H and O–H groups in total. The monoisotopic (exact) mass is 310 g/mol. The van der Waals surface area contributed by atoms with Gasteiger partial charge < -0.3 is 4.74 Å². The van der Waals surface area contributed by atoms with Gasteiger partial charge in [0.1, 0.15) is 12.4 Å². The highest BCUT2D eigenvalue weighted by molar-refractivity contribution is 6.42. The zero-order valence-corrected chi connectivity index (χ0v) is 11.9. The van der Waals surface area contributed by atoms with Crippen molar-refractivity contribution in [1.82, 2.24) is 5.43 Å². The van der Waals surface area contributed by atoms with Gasteiger partial charge in [-0.3, -0.25) is 10.2 Å². The van der Waals surface area contributed by atoms with E-state index in [4.69, 9.17) is 33.8 Å². The van der Waals surface area contributed by atoms with Gasteiger partial charge in [0.25, 0.3) is 5.91 Å². The van der Waals surface area contributed by atoms with Gasteiger partial charge in [-0.25, -0.2) is 5.84 Å². The number of nitrogen functional groups attached to an aromatic ring is 1. The number of hydrazine groups is 1. The molecule has 104 valence electrons. The zero-order chi connectivity index (χ0) is 14.5. The minimum absolute atomic E-state index is 0.324. The van der Waals surface area contributed by atoms with Crippen molar-refractivity contribution in [2.24, 2.45) is 5.84 Å². The standard InChI is InChI=1S/C14H12Cl2N2O2/c15-12-5-4-9(6-13(12)16)8-20-11-3-1-2-10(7-11)14(19)18-17/h1-7H,8,17H2,(H,18,19). The fourth-order valence-electron chi connectivity index (χ4n) is 1.61. The molecule has 0 bridgehead atoms. The molecule has 2 rings (SSSR count). The van der Waals surface area contributed by atoms with Crippen LogP contribution in [0.4, 0.5) is 0 Å². The number of carbonyl (C=O) groups is 1. The van der Waals surface area contributed by atoms with Crippen LogP contribution in [-0.4, -0.2) is 5.91 Å². The van der Waals surface area contributed by atoms with Gasteiger partial charge in [0.05, 0.1) is 10.0 Å². The molecule has 0 atom stereocenters. The van der Waals surface area contributed by atoms with Gasteiger partial charge >= 0.3 is 0 Å². The Morgan fingerprint density at radius 2 is 1.95 bits per heavy atom. The summed E-state index contributed by atoms with van der Waals surface area (Å²) in [5, 5.41) is 0.973. The lowest BCUT2D eigenvalue weighted by atomic mass is 10.2. The van der Waals surface area contributed by atoms with Crippen LogP contribution in [0.1, 0.15) is 15.9 Å². The number of ether oxygens (including phenoxy) is 1. The maximum absolute atomic E-state index is 11.4. The predicted molar refractivity (Wildman–Crippen MR) is 78.9 cm³/mol. The van der Waals surface area contributed by atoms with Gasteiger partial charge in [-0.1, -0.05) is 35.3 Å². The van der Waals surface area contributed by atoms with Crippen LogP contribution in [0.3, 0.4) is 0 Å². The van der Waals surface area contributed by atoms with Gasteiger partial charge in [-0.05, 0) is 35.9 Å². The Hall–Kier alpha value is -1.75. The van der Waals surface area contributed by atoms with Crippen molar-refractivity contribution in [2.45, 2.75) is 6.61 Å². The largest absolute Gasteiger partial charge is 0.489 e. The van der Waals surface area contributed by atoms with Crippen molar-refractivity contribution in [3.8, 4) is 5.75 Å². The summed E-state index contributed by atoms with van der Waals surface area (Å²) < 4.78 is 5.60. The lowest BCUT2D eigenvalue weighted by Gasteiger charge is -2.08. The fourth-order valence-corrected chi connectivity index (χ4v) is 1.93. The number of amides is 1. The number of halogens is 2. The van der Waals surface area contributed by atoms with Crippen molar-refractivity contribution in [3.63, 3.8) is 0 Å². The number of nitrogens with two attached hydrogens (primary N) is 1. The van der Waals surface area contributed by atoms with Crippen LogP contribution in [0, 0.1) is 0 Å². The second-order valence-corrected chi connectivity index (χ2v) is 4.85. The molecular formula is C14H12Cl2N2O2. The number of hydrogen-bond donors (Lipinski definition) is 2. The molecule has 0 aliphatic heterocycles. The highest BCUT2D eigenvalue weighted by Crippen LogP contribution is 2.23. The van der Waals surface area contributed by atoms with E-state index in [9.17, 15) is 4.79 Å². The number of rotatable bonds is 4. The summed E-state index contributed by atoms with van der Waals surface area (Å²) in [4.78, 5) is 11.4. The summed E-state index contributed by atoms with van der Waals surface area (Å²) in [6, 6.07) is 12.0. The summed E-state index contributed by atoms with van der Waals surface area (Å²) in [6.07, 6.45) is 0. The first-order valence-electron chi connectivity index (χ1n) is 5.78. The first kappa shape index (κ1) is 14.7. The first-order chi connectivity index (χ1) is 9.60. The predicted octanol–water partition coefficient (Wildman–Crippen LogP) is 3.18. The minimum Gasteiger partial charge on any atom is -0.489 e. The third-order valence-corrected chi connectivity index (χ3v) is 3.36. The summed E-state index contributed by atoms with van der Waals surface area (Å²) in [6.45, 7) is 0.324. The molecule has 20 heavy (non-hydrogen) atoms. The lowest BCUT2D eigenvalue weighted by molar-refractivity contribution is 0.0953. The Kier molecular flexibility index (Phi) is 4.84. The second kappa shape index (κ2) is 6.61. The van der Waals surface area contributed by atoms with E-state index in [1.807, 2.05) is 6.07 Å². The number of hydrogen-bond acceptors (Lipinski definition) is 3. The topological polar surface area (TPSA) is 64.3 Å². The summed E-state index contributed by atoms with van der Waals surface area (Å²) in [7, 11) is 0. The van der Waals surface area contributed by atoms with Crippen molar-refractivity contribution < 1.29 is 9.53 Å². The van der Waals surface area contributed by atoms with Crippen LogP contribution in [0.2, 0.25) is 10.0 Å². The molecule has 0 unspecified atom stereocenters. The number of carbonyl (C=O) groups excluding carboxylic acids is 1. The molecular weight excluding hydrogens is 299 g/mol. The van der Waals surface area contributed by atoms with Gasteiger partial charge in [0.15, 0.2) is 0 Å². The fraction of sp³-hybridized carbons (Fsp3) is 0.0714. The number of benzene rings is 2. The molecule has 0 aliphatic carbocycles. The molecule has 0 saturated heterocycles. The zero-order valence-electron chi connectivity index (χ0n) is 10.4. The molecule has 0 radical (unpaired) electrons. The van der Waals surface area contributed by atoms with Gasteiger partial charge in [0, 0.05) is 5.56 Å². The maximum Gasteiger partial charge on any atom is 0.265 e. The molecule has 0 fully saturated rings. The van der Waals surface area contributed by atoms with Gasteiger partial charge in [0.2, 0.25) is 0 Å². The van der Waals surface area contributed by atoms with Crippen LogP contribution in [-0.2, 0) is 6.61 Å². The highest BCUT2D eigenvalue weighted by atomic mass is 35.5. The average Bonchev–Trinajstić information content (AvgIpc) is 2.48. The average molecular weight is 311 g/mol. The third kappa shape index (κ3) is 3.63. The molecule has 0 spiro atoms. The van der Waals surface area contributed by atoms with Gasteiger partial charge in [-0.2, -0.15) is 0 Å². The highest BCUT2D eigenvalue weighted by Gasteiger charge is 2.05. The minimum atomic E-state index is -0.370. The van der Waals surface area contributed by atoms with E-state index in [0.29, 0.717) is 28.0 Å². The van der Waals surface area contributed by atoms with Crippen LogP contribution in [0.5, 0.6) is 5.75 Å². The Morgan fingerprint density at radius 3 is 2.65 bits per heavy atom. The molecule has 0 aromatic heterocycles. The van der Waals surface area contributed by atoms with E-state index in [-0.39, 0.29) is 5.91 Å². The Bertz CT molecular complexity index is 632. The van der Waals surface area contributed by atoms with E-state index >= 15 is 0 Å². The van der Waals surface area contributed by atoms with E-state index in [1.165, 1.54) is 0 Å². The normalized spacial score (nSPS) is 10.2. The van der Waals surface area contributed by atoms with Crippen LogP contribution in [0.25, 0.3) is 0 Å². The van der Waals surface area contributed by atoms with E-state index in [2.05, 4.69) is 5.43 Å². The SMILES string of the molecule is NNC(=O)c1cccc(OCc2ccc(Cl)c(Cl)c2)c1. The summed E-state index contributed by atoms with van der Waals surface area (Å²) >= 11 is 11.8.